The van der Waals surface area contributed by atoms with Crippen LogP contribution in [0.2, 0.25) is 0 Å². The largest absolute Gasteiger partial charge is 0.378 e. The molecular weight excluding hydrogens is 458 g/mol. The molecule has 3 N–H and O–H groups in total. The van der Waals surface area contributed by atoms with E-state index in [1.54, 1.807) is 6.20 Å². The second kappa shape index (κ2) is 9.28. The minimum absolute atomic E-state index is 0.837. The second-order valence-electron chi connectivity index (χ2n) is 9.28. The first kappa shape index (κ1) is 22.5. The van der Waals surface area contributed by atoms with Crippen molar-refractivity contribution in [3.05, 3.63) is 97.0 Å². The summed E-state index contributed by atoms with van der Waals surface area (Å²) in [5, 5.41) is 8.07. The molecule has 0 radical (unpaired) electrons. The number of anilines is 5. The van der Waals surface area contributed by atoms with Crippen LogP contribution >= 0.6 is 0 Å². The fourth-order valence-corrected chi connectivity index (χ4v) is 4.40. The number of imidazole rings is 1. The molecule has 0 fully saturated rings. The van der Waals surface area contributed by atoms with Crippen LogP contribution in [0.4, 0.5) is 28.4 Å². The van der Waals surface area contributed by atoms with Gasteiger partial charge in [-0.15, -0.1) is 0 Å². The predicted octanol–water partition coefficient (Wildman–Crippen LogP) is 7.03. The molecular formula is C30H27N7. The van der Waals surface area contributed by atoms with E-state index in [9.17, 15) is 0 Å². The molecule has 0 saturated carbocycles. The van der Waals surface area contributed by atoms with E-state index in [1.165, 1.54) is 0 Å². The number of H-pyrrole nitrogens is 1. The zero-order chi connectivity index (χ0) is 25.4. The maximum absolute atomic E-state index is 4.80. The number of fused-ring (bicyclic) bond motifs is 2. The Hall–Kier alpha value is -4.91. The predicted molar refractivity (Wildman–Crippen MR) is 153 cm³/mol. The van der Waals surface area contributed by atoms with E-state index in [0.29, 0.717) is 0 Å². The van der Waals surface area contributed by atoms with Gasteiger partial charge >= 0.3 is 0 Å². The number of nitrogens with zero attached hydrogens (tertiary/aromatic N) is 4. The molecule has 6 rings (SSSR count). The second-order valence-corrected chi connectivity index (χ2v) is 9.28. The Balaban J connectivity index is 1.24. The number of rotatable bonds is 6. The maximum Gasteiger partial charge on any atom is 0.138 e. The van der Waals surface area contributed by atoms with E-state index in [0.717, 1.165) is 67.5 Å². The first-order chi connectivity index (χ1) is 18.0. The summed E-state index contributed by atoms with van der Waals surface area (Å²) in [6.07, 6.45) is 3.64. The lowest BCUT2D eigenvalue weighted by molar-refractivity contribution is 1.13. The van der Waals surface area contributed by atoms with Gasteiger partial charge in [0.05, 0.1) is 16.6 Å². The van der Waals surface area contributed by atoms with Crippen molar-refractivity contribution in [3.8, 4) is 11.4 Å². The van der Waals surface area contributed by atoms with Gasteiger partial charge in [-0.2, -0.15) is 0 Å². The van der Waals surface area contributed by atoms with Crippen molar-refractivity contribution >= 4 is 50.4 Å². The Bertz CT molecular complexity index is 1720. The summed E-state index contributed by atoms with van der Waals surface area (Å²) in [6, 6.07) is 26.7. The lowest BCUT2D eigenvalue weighted by Crippen LogP contribution is -2.08. The van der Waals surface area contributed by atoms with Gasteiger partial charge in [0.1, 0.15) is 5.82 Å². The zero-order valence-corrected chi connectivity index (χ0v) is 20.9. The van der Waals surface area contributed by atoms with Gasteiger partial charge in [0.25, 0.3) is 0 Å². The van der Waals surface area contributed by atoms with Gasteiger partial charge in [-0.1, -0.05) is 0 Å². The van der Waals surface area contributed by atoms with Crippen molar-refractivity contribution < 1.29 is 0 Å². The number of hydrogen-bond donors (Lipinski definition) is 3. The lowest BCUT2D eigenvalue weighted by atomic mass is 10.1. The van der Waals surface area contributed by atoms with Crippen LogP contribution in [0.15, 0.2) is 91.3 Å². The first-order valence-electron chi connectivity index (χ1n) is 12.1. The summed E-state index contributed by atoms with van der Waals surface area (Å²) < 4.78 is 0. The molecule has 0 unspecified atom stereocenters. The smallest absolute Gasteiger partial charge is 0.138 e. The molecule has 0 atom stereocenters. The fourth-order valence-electron chi connectivity index (χ4n) is 4.40. The van der Waals surface area contributed by atoms with Gasteiger partial charge in [-0.05, 0) is 85.8 Å². The normalized spacial score (nSPS) is 11.1. The molecule has 0 bridgehead atoms. The summed E-state index contributed by atoms with van der Waals surface area (Å²) in [7, 11) is 4.08. The van der Waals surface area contributed by atoms with Gasteiger partial charge in [0.15, 0.2) is 0 Å². The van der Waals surface area contributed by atoms with Crippen molar-refractivity contribution in [1.29, 1.82) is 0 Å². The van der Waals surface area contributed by atoms with Crippen LogP contribution in [0, 0.1) is 6.92 Å². The molecule has 6 aromatic rings. The maximum atomic E-state index is 4.80. The fraction of sp³-hybridized carbons (Fsp3) is 0.100. The van der Waals surface area contributed by atoms with E-state index >= 15 is 0 Å². The quantitative estimate of drug-likeness (QED) is 0.235. The number of hydrogen-bond acceptors (Lipinski definition) is 6. The highest BCUT2D eigenvalue weighted by atomic mass is 15.1. The molecule has 0 saturated heterocycles. The Morgan fingerprint density at radius 1 is 0.703 bits per heavy atom. The highest BCUT2D eigenvalue weighted by Crippen LogP contribution is 2.30. The number of benzene rings is 3. The van der Waals surface area contributed by atoms with Gasteiger partial charge in [-0.25, -0.2) is 4.98 Å². The van der Waals surface area contributed by atoms with E-state index in [-0.39, 0.29) is 0 Å². The van der Waals surface area contributed by atoms with Crippen molar-refractivity contribution in [2.45, 2.75) is 6.92 Å². The monoisotopic (exact) mass is 485 g/mol. The molecule has 3 heterocycles. The molecule has 0 aliphatic carbocycles. The molecule has 0 aliphatic heterocycles. The van der Waals surface area contributed by atoms with Crippen LogP contribution in [0.3, 0.4) is 0 Å². The van der Waals surface area contributed by atoms with Gasteiger partial charge in [0.2, 0.25) is 0 Å². The molecule has 37 heavy (non-hydrogen) atoms. The molecule has 7 heteroatoms. The van der Waals surface area contributed by atoms with E-state index in [2.05, 4.69) is 79.0 Å². The number of aryl methyl sites for hydroxylation is 1. The molecule has 0 amide bonds. The Morgan fingerprint density at radius 2 is 1.46 bits per heavy atom. The third-order valence-electron chi connectivity index (χ3n) is 6.35. The molecule has 7 nitrogen and oxygen atoms in total. The first-order valence-corrected chi connectivity index (χ1v) is 12.1. The van der Waals surface area contributed by atoms with E-state index in [1.807, 2.05) is 57.5 Å². The van der Waals surface area contributed by atoms with Crippen molar-refractivity contribution in [2.75, 3.05) is 29.6 Å². The minimum atomic E-state index is 0.837. The third kappa shape index (κ3) is 4.67. The zero-order valence-electron chi connectivity index (χ0n) is 20.9. The molecule has 182 valence electrons. The van der Waals surface area contributed by atoms with Crippen LogP contribution in [-0.4, -0.2) is 34.0 Å². The Morgan fingerprint density at radius 3 is 2.27 bits per heavy atom. The Kier molecular flexibility index (Phi) is 5.65. The highest BCUT2D eigenvalue weighted by Gasteiger charge is 2.09. The molecule has 0 aliphatic rings. The molecule has 3 aromatic heterocycles. The standard InChI is InChI=1S/C30H27N7/c1-19-16-23(12-14-31-19)33-22-8-10-28-29(17-22)36-30(35-28)20-4-6-21(7-5-20)34-27-13-15-32-26-11-9-24(37(2)3)18-25(26)27/h4-18H,1-3H3,(H,31,33)(H,32,34)(H,35,36). The number of pyridine rings is 2. The van der Waals surface area contributed by atoms with Crippen LogP contribution < -0.4 is 15.5 Å². The van der Waals surface area contributed by atoms with Crippen LogP contribution in [-0.2, 0) is 0 Å². The average Bonchev–Trinajstić information content (AvgIpc) is 3.32. The summed E-state index contributed by atoms with van der Waals surface area (Å²) in [5.41, 5.74) is 10.0. The van der Waals surface area contributed by atoms with E-state index < -0.39 is 0 Å². The topological polar surface area (TPSA) is 81.8 Å². The average molecular weight is 486 g/mol. The van der Waals surface area contributed by atoms with E-state index in [4.69, 9.17) is 4.98 Å². The van der Waals surface area contributed by atoms with Gasteiger partial charge in [0, 0.05) is 71.6 Å². The Labute approximate surface area is 215 Å². The van der Waals surface area contributed by atoms with Crippen LogP contribution in [0.5, 0.6) is 0 Å². The minimum Gasteiger partial charge on any atom is -0.378 e. The summed E-state index contributed by atoms with van der Waals surface area (Å²) in [6.45, 7) is 1.98. The van der Waals surface area contributed by atoms with Crippen LogP contribution in [0.1, 0.15) is 5.69 Å². The number of nitrogens with one attached hydrogen (secondary N) is 3. The van der Waals surface area contributed by atoms with Crippen molar-refractivity contribution in [3.63, 3.8) is 0 Å². The number of aromatic nitrogens is 4. The number of aromatic amines is 1. The molecule has 0 spiro atoms. The third-order valence-corrected chi connectivity index (χ3v) is 6.35. The van der Waals surface area contributed by atoms with Gasteiger partial charge in [-0.3, -0.25) is 9.97 Å². The van der Waals surface area contributed by atoms with Crippen molar-refractivity contribution in [2.24, 2.45) is 0 Å². The summed E-state index contributed by atoms with van der Waals surface area (Å²) >= 11 is 0. The lowest BCUT2D eigenvalue weighted by Gasteiger charge is -2.15. The summed E-state index contributed by atoms with van der Waals surface area (Å²) in [5.74, 6) is 0.837. The van der Waals surface area contributed by atoms with Gasteiger partial charge < -0.3 is 20.5 Å². The summed E-state index contributed by atoms with van der Waals surface area (Å²) in [4.78, 5) is 19.1. The van der Waals surface area contributed by atoms with Crippen LogP contribution in [0.25, 0.3) is 33.3 Å². The molecule has 3 aromatic carbocycles. The van der Waals surface area contributed by atoms with Crippen molar-refractivity contribution in [1.82, 2.24) is 19.9 Å². The SMILES string of the molecule is Cc1cc(Nc2ccc3nc(-c4ccc(Nc5ccnc6ccc(N(C)C)cc56)cc4)[nH]c3c2)ccn1. The highest BCUT2D eigenvalue weighted by molar-refractivity contribution is 5.95.